The van der Waals surface area contributed by atoms with Crippen LogP contribution in [0.5, 0.6) is 0 Å². The molecule has 0 bridgehead atoms. The number of aliphatic imine (C=N–C) groups is 1. The molecule has 1 aliphatic carbocycles. The Morgan fingerprint density at radius 3 is 2.33 bits per heavy atom. The third-order valence-electron chi connectivity index (χ3n) is 4.93. The van der Waals surface area contributed by atoms with Crippen molar-refractivity contribution in [3.05, 3.63) is 85.4 Å². The SMILES string of the molecule is CSC1=N[C@@H](c2ccc(Br)cc2)C2=C(N1)/C(=C\c1ccc(Br)cc1)CCC2. The predicted molar refractivity (Wildman–Crippen MR) is 124 cm³/mol. The summed E-state index contributed by atoms with van der Waals surface area (Å²) in [6, 6.07) is 17.2. The van der Waals surface area contributed by atoms with Crippen LogP contribution in [0.4, 0.5) is 0 Å². The quantitative estimate of drug-likeness (QED) is 0.472. The van der Waals surface area contributed by atoms with Crippen molar-refractivity contribution in [1.29, 1.82) is 0 Å². The van der Waals surface area contributed by atoms with Crippen LogP contribution < -0.4 is 5.32 Å². The molecule has 0 saturated carbocycles. The number of halogens is 2. The van der Waals surface area contributed by atoms with E-state index < -0.39 is 0 Å². The van der Waals surface area contributed by atoms with Crippen LogP contribution in [-0.4, -0.2) is 11.4 Å². The Bertz CT molecular complexity index is 928. The highest BCUT2D eigenvalue weighted by molar-refractivity contribution is 9.10. The lowest BCUT2D eigenvalue weighted by Crippen LogP contribution is -2.30. The second-order valence-corrected chi connectivity index (χ2v) is 9.32. The molecular formula is C22H20Br2N2S. The molecule has 0 radical (unpaired) electrons. The summed E-state index contributed by atoms with van der Waals surface area (Å²) in [6.45, 7) is 0. The number of hydrogen-bond acceptors (Lipinski definition) is 3. The van der Waals surface area contributed by atoms with Gasteiger partial charge in [-0.15, -0.1) is 0 Å². The highest BCUT2D eigenvalue weighted by Crippen LogP contribution is 2.41. The molecule has 1 N–H and O–H groups in total. The van der Waals surface area contributed by atoms with Crippen LogP contribution >= 0.6 is 43.6 Å². The number of rotatable bonds is 2. The van der Waals surface area contributed by atoms with Gasteiger partial charge in [0.1, 0.15) is 6.04 Å². The van der Waals surface area contributed by atoms with E-state index in [0.29, 0.717) is 0 Å². The van der Waals surface area contributed by atoms with Crippen molar-refractivity contribution in [3.63, 3.8) is 0 Å². The minimum absolute atomic E-state index is 0.102. The number of benzene rings is 2. The number of thioether (sulfide) groups is 1. The Morgan fingerprint density at radius 1 is 1.00 bits per heavy atom. The lowest BCUT2D eigenvalue weighted by molar-refractivity contribution is 0.659. The molecule has 138 valence electrons. The van der Waals surface area contributed by atoms with Gasteiger partial charge in [-0.25, -0.2) is 4.99 Å². The van der Waals surface area contributed by atoms with E-state index in [9.17, 15) is 0 Å². The molecule has 27 heavy (non-hydrogen) atoms. The first kappa shape index (κ1) is 19.0. The highest BCUT2D eigenvalue weighted by Gasteiger charge is 2.29. The summed E-state index contributed by atoms with van der Waals surface area (Å²) < 4.78 is 2.21. The summed E-state index contributed by atoms with van der Waals surface area (Å²) in [6.07, 6.45) is 7.75. The van der Waals surface area contributed by atoms with E-state index in [2.05, 4.69) is 98.0 Å². The monoisotopic (exact) mass is 502 g/mol. The van der Waals surface area contributed by atoms with Crippen LogP contribution in [0.25, 0.3) is 6.08 Å². The van der Waals surface area contributed by atoms with Crippen molar-refractivity contribution in [3.8, 4) is 0 Å². The molecule has 0 fully saturated rings. The number of allylic oxidation sites excluding steroid dienone is 1. The van der Waals surface area contributed by atoms with Gasteiger partial charge in [-0.3, -0.25) is 0 Å². The zero-order valence-electron chi connectivity index (χ0n) is 15.0. The maximum absolute atomic E-state index is 5.00. The van der Waals surface area contributed by atoms with Crippen LogP contribution in [0.15, 0.2) is 79.3 Å². The van der Waals surface area contributed by atoms with Gasteiger partial charge < -0.3 is 5.32 Å². The number of hydrogen-bond donors (Lipinski definition) is 1. The first-order valence-electron chi connectivity index (χ1n) is 8.98. The lowest BCUT2D eigenvalue weighted by atomic mass is 9.84. The highest BCUT2D eigenvalue weighted by atomic mass is 79.9. The van der Waals surface area contributed by atoms with Crippen LogP contribution in [0.1, 0.15) is 36.4 Å². The minimum Gasteiger partial charge on any atom is -0.335 e. The standard InChI is InChI=1S/C22H20Br2N2S/c1-27-22-25-20(15-7-11-18(24)12-8-15)19-4-2-3-16(21(19)26-22)13-14-5-9-17(23)10-6-14/h5-13,20H,2-4H2,1H3,(H,25,26)/b16-13-/t20-/m0/s1. The maximum Gasteiger partial charge on any atom is 0.161 e. The molecule has 1 heterocycles. The van der Waals surface area contributed by atoms with Crippen molar-refractivity contribution in [2.75, 3.05) is 6.26 Å². The largest absolute Gasteiger partial charge is 0.335 e. The summed E-state index contributed by atoms with van der Waals surface area (Å²) in [4.78, 5) is 5.00. The Labute approximate surface area is 181 Å². The maximum atomic E-state index is 5.00. The summed E-state index contributed by atoms with van der Waals surface area (Å²) in [5.74, 6) is 0. The molecule has 1 aliphatic heterocycles. The molecule has 0 spiro atoms. The molecule has 4 rings (SSSR count). The second-order valence-electron chi connectivity index (χ2n) is 6.69. The summed E-state index contributed by atoms with van der Waals surface area (Å²) in [7, 11) is 0. The topological polar surface area (TPSA) is 24.4 Å². The third kappa shape index (κ3) is 4.25. The molecule has 2 aliphatic rings. The van der Waals surface area contributed by atoms with E-state index in [1.807, 2.05) is 0 Å². The number of nitrogens with zero attached hydrogens (tertiary/aromatic N) is 1. The number of nitrogens with one attached hydrogen (secondary N) is 1. The average molecular weight is 504 g/mol. The third-order valence-corrected chi connectivity index (χ3v) is 6.58. The normalized spacial score (nSPS) is 20.9. The second kappa shape index (κ2) is 8.38. The van der Waals surface area contributed by atoms with Gasteiger partial charge in [0.25, 0.3) is 0 Å². The average Bonchev–Trinajstić information content (AvgIpc) is 2.70. The van der Waals surface area contributed by atoms with Crippen molar-refractivity contribution < 1.29 is 0 Å². The molecule has 0 amide bonds. The van der Waals surface area contributed by atoms with Gasteiger partial charge in [0, 0.05) is 14.6 Å². The Hall–Kier alpha value is -1.30. The van der Waals surface area contributed by atoms with E-state index in [0.717, 1.165) is 27.0 Å². The summed E-state index contributed by atoms with van der Waals surface area (Å²) in [5.41, 5.74) is 6.55. The van der Waals surface area contributed by atoms with Crippen molar-refractivity contribution in [2.45, 2.75) is 25.3 Å². The predicted octanol–water partition coefficient (Wildman–Crippen LogP) is 7.10. The van der Waals surface area contributed by atoms with Gasteiger partial charge in [-0.1, -0.05) is 67.9 Å². The van der Waals surface area contributed by atoms with E-state index in [-0.39, 0.29) is 6.04 Å². The van der Waals surface area contributed by atoms with Gasteiger partial charge in [-0.2, -0.15) is 0 Å². The van der Waals surface area contributed by atoms with E-state index in [1.54, 1.807) is 11.8 Å². The van der Waals surface area contributed by atoms with Gasteiger partial charge in [0.2, 0.25) is 0 Å². The van der Waals surface area contributed by atoms with Gasteiger partial charge in [0.15, 0.2) is 5.17 Å². The van der Waals surface area contributed by atoms with Crippen LogP contribution in [0.2, 0.25) is 0 Å². The first-order chi connectivity index (χ1) is 13.1. The smallest absolute Gasteiger partial charge is 0.161 e. The van der Waals surface area contributed by atoms with Gasteiger partial charge in [-0.05, 0) is 78.1 Å². The molecule has 2 nitrogen and oxygen atoms in total. The zero-order chi connectivity index (χ0) is 18.8. The van der Waals surface area contributed by atoms with Crippen LogP contribution in [-0.2, 0) is 0 Å². The molecule has 1 atom stereocenters. The summed E-state index contributed by atoms with van der Waals surface area (Å²) in [5, 5.41) is 4.59. The Balaban J connectivity index is 1.76. The lowest BCUT2D eigenvalue weighted by Gasteiger charge is -2.32. The Morgan fingerprint density at radius 2 is 1.67 bits per heavy atom. The van der Waals surface area contributed by atoms with E-state index in [4.69, 9.17) is 4.99 Å². The molecule has 0 unspecified atom stereocenters. The van der Waals surface area contributed by atoms with E-state index >= 15 is 0 Å². The molecule has 0 aromatic heterocycles. The van der Waals surface area contributed by atoms with Crippen molar-refractivity contribution >= 4 is 54.9 Å². The summed E-state index contributed by atoms with van der Waals surface area (Å²) >= 11 is 8.73. The zero-order valence-corrected chi connectivity index (χ0v) is 19.0. The Kier molecular flexibility index (Phi) is 5.90. The van der Waals surface area contributed by atoms with Gasteiger partial charge in [0.05, 0.1) is 0 Å². The van der Waals surface area contributed by atoms with Crippen LogP contribution in [0, 0.1) is 0 Å². The van der Waals surface area contributed by atoms with Crippen molar-refractivity contribution in [1.82, 2.24) is 5.32 Å². The van der Waals surface area contributed by atoms with Gasteiger partial charge >= 0.3 is 0 Å². The number of amidine groups is 1. The molecule has 2 aromatic rings. The van der Waals surface area contributed by atoms with Crippen molar-refractivity contribution in [2.24, 2.45) is 4.99 Å². The van der Waals surface area contributed by atoms with Crippen LogP contribution in [0.3, 0.4) is 0 Å². The molecule has 2 aromatic carbocycles. The van der Waals surface area contributed by atoms with E-state index in [1.165, 1.54) is 34.4 Å². The fourth-order valence-corrected chi connectivity index (χ4v) is 4.57. The minimum atomic E-state index is 0.102. The fraction of sp³-hybridized carbons (Fsp3) is 0.227. The molecular weight excluding hydrogens is 484 g/mol. The molecule has 0 saturated heterocycles. The molecule has 5 heteroatoms. The first-order valence-corrected chi connectivity index (χ1v) is 11.8. The fourth-order valence-electron chi connectivity index (χ4n) is 3.62.